The number of aromatic nitrogens is 3. The summed E-state index contributed by atoms with van der Waals surface area (Å²) in [5.41, 5.74) is 2.80. The number of nitrogens with zero attached hydrogens (tertiary/aromatic N) is 4. The molecule has 5 nitrogen and oxygen atoms in total. The van der Waals surface area contributed by atoms with Crippen LogP contribution in [0.25, 0.3) is 0 Å². The number of piperazine rings is 1. The highest BCUT2D eigenvalue weighted by atomic mass is 15.3. The van der Waals surface area contributed by atoms with E-state index in [1.165, 1.54) is 11.1 Å². The van der Waals surface area contributed by atoms with E-state index in [4.69, 9.17) is 0 Å². The molecule has 1 unspecified atom stereocenters. The number of hydrogen-bond donors (Lipinski definition) is 1. The SMILES string of the molecule is CCc1ccc(C2CNCCN2CCn2cncn2)cc1. The van der Waals surface area contributed by atoms with Gasteiger partial charge in [0, 0.05) is 32.2 Å². The van der Waals surface area contributed by atoms with E-state index >= 15 is 0 Å². The molecule has 1 aromatic heterocycles. The highest BCUT2D eigenvalue weighted by Crippen LogP contribution is 2.22. The first-order valence-corrected chi connectivity index (χ1v) is 7.73. The Bertz CT molecular complexity index is 534. The first-order valence-electron chi connectivity index (χ1n) is 7.73. The zero-order valence-corrected chi connectivity index (χ0v) is 12.6. The summed E-state index contributed by atoms with van der Waals surface area (Å²) in [5.74, 6) is 0. The maximum Gasteiger partial charge on any atom is 0.137 e. The average molecular weight is 285 g/mol. The van der Waals surface area contributed by atoms with Gasteiger partial charge in [0.15, 0.2) is 0 Å². The van der Waals surface area contributed by atoms with Gasteiger partial charge in [-0.3, -0.25) is 9.58 Å². The van der Waals surface area contributed by atoms with Crippen LogP contribution in [-0.2, 0) is 13.0 Å². The average Bonchev–Trinajstić information content (AvgIpc) is 3.07. The number of rotatable bonds is 5. The molecule has 1 atom stereocenters. The minimum Gasteiger partial charge on any atom is -0.314 e. The molecule has 112 valence electrons. The van der Waals surface area contributed by atoms with Crippen LogP contribution in [0.3, 0.4) is 0 Å². The van der Waals surface area contributed by atoms with E-state index in [2.05, 4.69) is 51.5 Å². The first kappa shape index (κ1) is 14.2. The Morgan fingerprint density at radius 2 is 2.10 bits per heavy atom. The third-order valence-electron chi connectivity index (χ3n) is 4.21. The fourth-order valence-corrected chi connectivity index (χ4v) is 2.90. The summed E-state index contributed by atoms with van der Waals surface area (Å²) in [6.45, 7) is 7.25. The maximum absolute atomic E-state index is 4.18. The normalized spacial score (nSPS) is 19.8. The highest BCUT2D eigenvalue weighted by molar-refractivity contribution is 5.25. The number of nitrogens with one attached hydrogen (secondary N) is 1. The second kappa shape index (κ2) is 6.83. The molecule has 1 aliphatic heterocycles. The van der Waals surface area contributed by atoms with Gasteiger partial charge in [0.05, 0.1) is 6.54 Å². The summed E-state index contributed by atoms with van der Waals surface area (Å²) >= 11 is 0. The second-order valence-electron chi connectivity index (χ2n) is 5.51. The maximum atomic E-state index is 4.18. The van der Waals surface area contributed by atoms with Crippen molar-refractivity contribution >= 4 is 0 Å². The topological polar surface area (TPSA) is 46.0 Å². The fourth-order valence-electron chi connectivity index (χ4n) is 2.90. The van der Waals surface area contributed by atoms with E-state index in [9.17, 15) is 0 Å². The van der Waals surface area contributed by atoms with Crippen molar-refractivity contribution in [1.82, 2.24) is 25.0 Å². The summed E-state index contributed by atoms with van der Waals surface area (Å²) < 4.78 is 1.90. The molecule has 21 heavy (non-hydrogen) atoms. The van der Waals surface area contributed by atoms with Gasteiger partial charge in [0.25, 0.3) is 0 Å². The molecule has 3 rings (SSSR count). The highest BCUT2D eigenvalue weighted by Gasteiger charge is 2.23. The van der Waals surface area contributed by atoms with Crippen molar-refractivity contribution in [3.05, 3.63) is 48.0 Å². The third kappa shape index (κ3) is 3.49. The minimum absolute atomic E-state index is 0.452. The molecule has 1 N–H and O–H groups in total. The molecule has 2 heterocycles. The Kier molecular flexibility index (Phi) is 4.62. The number of aryl methyl sites for hydroxylation is 1. The molecule has 0 spiro atoms. The summed E-state index contributed by atoms with van der Waals surface area (Å²) in [6, 6.07) is 9.50. The van der Waals surface area contributed by atoms with E-state index in [1.54, 1.807) is 12.7 Å². The number of hydrogen-bond acceptors (Lipinski definition) is 4. The fraction of sp³-hybridized carbons (Fsp3) is 0.500. The summed E-state index contributed by atoms with van der Waals surface area (Å²) in [4.78, 5) is 6.54. The molecular weight excluding hydrogens is 262 g/mol. The second-order valence-corrected chi connectivity index (χ2v) is 5.51. The van der Waals surface area contributed by atoms with Crippen molar-refractivity contribution in [3.8, 4) is 0 Å². The molecule has 0 bridgehead atoms. The lowest BCUT2D eigenvalue weighted by Crippen LogP contribution is -2.47. The van der Waals surface area contributed by atoms with Crippen LogP contribution in [0.4, 0.5) is 0 Å². The van der Waals surface area contributed by atoms with Crippen molar-refractivity contribution in [2.75, 3.05) is 26.2 Å². The quantitative estimate of drug-likeness (QED) is 0.904. The van der Waals surface area contributed by atoms with Gasteiger partial charge in [-0.15, -0.1) is 0 Å². The molecule has 1 aromatic carbocycles. The Balaban J connectivity index is 1.68. The summed E-state index contributed by atoms with van der Waals surface area (Å²) in [7, 11) is 0. The predicted octanol–water partition coefficient (Wildman–Crippen LogP) is 1.49. The Morgan fingerprint density at radius 1 is 1.24 bits per heavy atom. The van der Waals surface area contributed by atoms with Gasteiger partial charge in [-0.05, 0) is 17.5 Å². The Labute approximate surface area is 126 Å². The molecule has 0 amide bonds. The largest absolute Gasteiger partial charge is 0.314 e. The molecule has 5 heteroatoms. The van der Waals surface area contributed by atoms with Crippen molar-refractivity contribution in [1.29, 1.82) is 0 Å². The van der Waals surface area contributed by atoms with E-state index in [-0.39, 0.29) is 0 Å². The Hall–Kier alpha value is -1.72. The van der Waals surface area contributed by atoms with Crippen LogP contribution >= 0.6 is 0 Å². The minimum atomic E-state index is 0.452. The molecule has 0 aliphatic carbocycles. The lowest BCUT2D eigenvalue weighted by atomic mass is 10.0. The van der Waals surface area contributed by atoms with Crippen LogP contribution in [0, 0.1) is 0 Å². The molecular formula is C16H23N5. The third-order valence-corrected chi connectivity index (χ3v) is 4.21. The molecule has 0 saturated carbocycles. The molecule has 1 aliphatic rings. The van der Waals surface area contributed by atoms with Gasteiger partial charge in [-0.2, -0.15) is 5.10 Å². The van der Waals surface area contributed by atoms with Gasteiger partial charge >= 0.3 is 0 Å². The van der Waals surface area contributed by atoms with Gasteiger partial charge in [0.2, 0.25) is 0 Å². The zero-order chi connectivity index (χ0) is 14.5. The van der Waals surface area contributed by atoms with Crippen LogP contribution in [0.2, 0.25) is 0 Å². The molecule has 1 saturated heterocycles. The number of benzene rings is 1. The monoisotopic (exact) mass is 285 g/mol. The van der Waals surface area contributed by atoms with Crippen molar-refractivity contribution < 1.29 is 0 Å². The van der Waals surface area contributed by atoms with Gasteiger partial charge in [0.1, 0.15) is 12.7 Å². The van der Waals surface area contributed by atoms with Crippen LogP contribution in [0.1, 0.15) is 24.1 Å². The lowest BCUT2D eigenvalue weighted by Gasteiger charge is -2.36. The molecule has 2 aromatic rings. The van der Waals surface area contributed by atoms with E-state index in [0.717, 1.165) is 39.1 Å². The van der Waals surface area contributed by atoms with Crippen LogP contribution < -0.4 is 5.32 Å². The van der Waals surface area contributed by atoms with Crippen LogP contribution in [-0.4, -0.2) is 45.8 Å². The van der Waals surface area contributed by atoms with E-state index < -0.39 is 0 Å². The van der Waals surface area contributed by atoms with Crippen LogP contribution in [0.5, 0.6) is 0 Å². The van der Waals surface area contributed by atoms with Crippen molar-refractivity contribution in [3.63, 3.8) is 0 Å². The first-order chi connectivity index (χ1) is 10.4. The standard InChI is InChI=1S/C16H23N5/c1-2-14-3-5-15(6-4-14)16-11-17-7-8-20(16)9-10-21-13-18-12-19-21/h3-6,12-13,16-17H,2,7-11H2,1H3. The van der Waals surface area contributed by atoms with Gasteiger partial charge in [-0.1, -0.05) is 31.2 Å². The Morgan fingerprint density at radius 3 is 2.81 bits per heavy atom. The lowest BCUT2D eigenvalue weighted by molar-refractivity contribution is 0.154. The van der Waals surface area contributed by atoms with Crippen LogP contribution in [0.15, 0.2) is 36.9 Å². The summed E-state index contributed by atoms with van der Waals surface area (Å²) in [6.07, 6.45) is 4.48. The van der Waals surface area contributed by atoms with E-state index in [0.29, 0.717) is 6.04 Å². The van der Waals surface area contributed by atoms with Gasteiger partial charge in [-0.25, -0.2) is 4.98 Å². The van der Waals surface area contributed by atoms with Gasteiger partial charge < -0.3 is 5.32 Å². The zero-order valence-electron chi connectivity index (χ0n) is 12.6. The smallest absolute Gasteiger partial charge is 0.137 e. The van der Waals surface area contributed by atoms with E-state index in [1.807, 2.05) is 4.68 Å². The summed E-state index contributed by atoms with van der Waals surface area (Å²) in [5, 5.41) is 7.69. The molecule has 0 radical (unpaired) electrons. The van der Waals surface area contributed by atoms with Crippen molar-refractivity contribution in [2.24, 2.45) is 0 Å². The predicted molar refractivity (Wildman–Crippen MR) is 83.0 cm³/mol. The van der Waals surface area contributed by atoms with Crippen molar-refractivity contribution in [2.45, 2.75) is 25.9 Å². The molecule has 1 fully saturated rings.